The minimum Gasteiger partial charge on any atom is -0.461 e. The molecule has 0 aliphatic carbocycles. The summed E-state index contributed by atoms with van der Waals surface area (Å²) >= 11 is 1.35. The molecule has 8 heteroatoms. The van der Waals surface area contributed by atoms with Gasteiger partial charge in [-0.2, -0.15) is 0 Å². The van der Waals surface area contributed by atoms with E-state index < -0.39 is 0 Å². The second kappa shape index (κ2) is 8.62. The van der Waals surface area contributed by atoms with Gasteiger partial charge in [0.25, 0.3) is 0 Å². The molecule has 1 amide bonds. The standard InChI is InChI=1S/C20H22N4O3S/c1-14-6-8-15(9-7-14)24-19(17-5-3-11-27-17)22-23-20(24)28-13-18(25)21-12-16-4-2-10-26-16/h3,5-9,11,16H,2,4,10,12-13H2,1H3,(H,21,25)/t16-/m0/s1. The lowest BCUT2D eigenvalue weighted by Gasteiger charge is -2.11. The van der Waals surface area contributed by atoms with Crippen LogP contribution in [-0.2, 0) is 9.53 Å². The Balaban J connectivity index is 1.50. The van der Waals surface area contributed by atoms with Gasteiger partial charge in [-0.15, -0.1) is 10.2 Å². The van der Waals surface area contributed by atoms with E-state index in [-0.39, 0.29) is 17.8 Å². The smallest absolute Gasteiger partial charge is 0.230 e. The lowest BCUT2D eigenvalue weighted by Crippen LogP contribution is -2.32. The summed E-state index contributed by atoms with van der Waals surface area (Å²) in [6, 6.07) is 11.7. The first-order chi connectivity index (χ1) is 13.7. The van der Waals surface area contributed by atoms with Crippen molar-refractivity contribution in [1.82, 2.24) is 20.1 Å². The molecule has 0 unspecified atom stereocenters. The highest BCUT2D eigenvalue weighted by Crippen LogP contribution is 2.28. The summed E-state index contributed by atoms with van der Waals surface area (Å²) in [5.41, 5.74) is 2.09. The Labute approximate surface area is 167 Å². The van der Waals surface area contributed by atoms with Gasteiger partial charge in [-0.25, -0.2) is 0 Å². The molecule has 1 atom stereocenters. The molecule has 7 nitrogen and oxygen atoms in total. The molecule has 1 aliphatic heterocycles. The minimum absolute atomic E-state index is 0.0431. The highest BCUT2D eigenvalue weighted by molar-refractivity contribution is 7.99. The molecule has 0 spiro atoms. The van der Waals surface area contributed by atoms with E-state index in [2.05, 4.69) is 15.5 Å². The molecule has 146 valence electrons. The van der Waals surface area contributed by atoms with E-state index in [4.69, 9.17) is 9.15 Å². The third-order valence-electron chi connectivity index (χ3n) is 4.55. The van der Waals surface area contributed by atoms with Crippen LogP contribution >= 0.6 is 11.8 Å². The van der Waals surface area contributed by atoms with Crippen molar-refractivity contribution >= 4 is 17.7 Å². The lowest BCUT2D eigenvalue weighted by molar-refractivity contribution is -0.119. The summed E-state index contributed by atoms with van der Waals surface area (Å²) in [5, 5.41) is 12.2. The Morgan fingerprint density at radius 1 is 1.29 bits per heavy atom. The van der Waals surface area contributed by atoms with E-state index in [1.165, 1.54) is 17.3 Å². The number of hydrogen-bond donors (Lipinski definition) is 1. The van der Waals surface area contributed by atoms with Gasteiger partial charge >= 0.3 is 0 Å². The van der Waals surface area contributed by atoms with Crippen LogP contribution in [0, 0.1) is 6.92 Å². The molecule has 3 heterocycles. The Bertz CT molecular complexity index is 916. The van der Waals surface area contributed by atoms with Crippen LogP contribution in [0.4, 0.5) is 0 Å². The summed E-state index contributed by atoms with van der Waals surface area (Å²) < 4.78 is 13.0. The van der Waals surface area contributed by atoms with E-state index in [0.29, 0.717) is 23.3 Å². The molecule has 1 aromatic carbocycles. The van der Waals surface area contributed by atoms with Crippen molar-refractivity contribution in [1.29, 1.82) is 0 Å². The number of nitrogens with one attached hydrogen (secondary N) is 1. The summed E-state index contributed by atoms with van der Waals surface area (Å²) in [7, 11) is 0. The summed E-state index contributed by atoms with van der Waals surface area (Å²) in [6.45, 7) is 3.38. The van der Waals surface area contributed by atoms with Crippen LogP contribution in [0.2, 0.25) is 0 Å². The van der Waals surface area contributed by atoms with E-state index in [1.54, 1.807) is 6.26 Å². The van der Waals surface area contributed by atoms with E-state index >= 15 is 0 Å². The lowest BCUT2D eigenvalue weighted by atomic mass is 10.2. The van der Waals surface area contributed by atoms with Crippen LogP contribution in [0.3, 0.4) is 0 Å². The fourth-order valence-electron chi connectivity index (χ4n) is 3.07. The van der Waals surface area contributed by atoms with Gasteiger partial charge in [0.2, 0.25) is 11.7 Å². The molecular formula is C20H22N4O3S. The van der Waals surface area contributed by atoms with Gasteiger partial charge in [-0.05, 0) is 44.0 Å². The second-order valence-electron chi connectivity index (χ2n) is 6.68. The molecule has 1 saturated heterocycles. The fraction of sp³-hybridized carbons (Fsp3) is 0.350. The quantitative estimate of drug-likeness (QED) is 0.616. The number of ether oxygens (including phenoxy) is 1. The van der Waals surface area contributed by atoms with Gasteiger partial charge in [0, 0.05) is 18.8 Å². The number of hydrogen-bond acceptors (Lipinski definition) is 6. The SMILES string of the molecule is Cc1ccc(-n2c(SCC(=O)NC[C@@H]3CCCO3)nnc2-c2ccco2)cc1. The van der Waals surface area contributed by atoms with Crippen molar-refractivity contribution in [2.75, 3.05) is 18.9 Å². The topological polar surface area (TPSA) is 82.2 Å². The van der Waals surface area contributed by atoms with Gasteiger partial charge < -0.3 is 14.5 Å². The first-order valence-corrected chi connectivity index (χ1v) is 10.3. The molecule has 4 rings (SSSR count). The number of aryl methyl sites for hydroxylation is 1. The zero-order valence-corrected chi connectivity index (χ0v) is 16.4. The number of furan rings is 1. The van der Waals surface area contributed by atoms with Crippen molar-refractivity contribution in [3.63, 3.8) is 0 Å². The molecule has 28 heavy (non-hydrogen) atoms. The Hall–Kier alpha value is -2.58. The molecule has 1 N–H and O–H groups in total. The number of nitrogens with zero attached hydrogens (tertiary/aromatic N) is 3. The highest BCUT2D eigenvalue weighted by atomic mass is 32.2. The third-order valence-corrected chi connectivity index (χ3v) is 5.48. The number of benzene rings is 1. The van der Waals surface area contributed by atoms with Gasteiger partial charge in [-0.1, -0.05) is 29.5 Å². The van der Waals surface area contributed by atoms with Crippen molar-refractivity contribution in [2.45, 2.75) is 31.0 Å². The molecule has 0 bridgehead atoms. The number of rotatable bonds is 7. The van der Waals surface area contributed by atoms with E-state index in [1.807, 2.05) is 47.9 Å². The molecule has 2 aromatic heterocycles. The van der Waals surface area contributed by atoms with Crippen molar-refractivity contribution in [2.24, 2.45) is 0 Å². The molecule has 3 aromatic rings. The van der Waals surface area contributed by atoms with Gasteiger partial charge in [0.1, 0.15) is 0 Å². The first kappa shape index (κ1) is 18.8. The van der Waals surface area contributed by atoms with Crippen LogP contribution < -0.4 is 5.32 Å². The Morgan fingerprint density at radius 3 is 2.86 bits per heavy atom. The number of thioether (sulfide) groups is 1. The number of carbonyl (C=O) groups is 1. The average molecular weight is 398 g/mol. The fourth-order valence-corrected chi connectivity index (χ4v) is 3.85. The summed E-state index contributed by atoms with van der Waals surface area (Å²) in [5.74, 6) is 1.45. The zero-order valence-electron chi connectivity index (χ0n) is 15.6. The Morgan fingerprint density at radius 2 is 2.14 bits per heavy atom. The maximum absolute atomic E-state index is 12.2. The molecule has 1 fully saturated rings. The largest absolute Gasteiger partial charge is 0.461 e. The number of aromatic nitrogens is 3. The highest BCUT2D eigenvalue weighted by Gasteiger charge is 2.20. The predicted molar refractivity (Wildman–Crippen MR) is 107 cm³/mol. The third kappa shape index (κ3) is 4.28. The molecular weight excluding hydrogens is 376 g/mol. The number of carbonyl (C=O) groups excluding carboxylic acids is 1. The van der Waals surface area contributed by atoms with Gasteiger partial charge in [-0.3, -0.25) is 9.36 Å². The molecule has 0 saturated carbocycles. The van der Waals surface area contributed by atoms with Crippen molar-refractivity contribution in [3.05, 3.63) is 48.2 Å². The van der Waals surface area contributed by atoms with Crippen LogP contribution in [0.5, 0.6) is 0 Å². The van der Waals surface area contributed by atoms with Crippen LogP contribution in [-0.4, -0.2) is 45.7 Å². The van der Waals surface area contributed by atoms with Crippen molar-refractivity contribution < 1.29 is 13.9 Å². The zero-order chi connectivity index (χ0) is 19.3. The van der Waals surface area contributed by atoms with Crippen LogP contribution in [0.1, 0.15) is 18.4 Å². The normalized spacial score (nSPS) is 16.4. The maximum Gasteiger partial charge on any atom is 0.230 e. The predicted octanol–water partition coefficient (Wildman–Crippen LogP) is 3.22. The molecule has 1 aliphatic rings. The second-order valence-corrected chi connectivity index (χ2v) is 7.62. The van der Waals surface area contributed by atoms with Crippen LogP contribution in [0.25, 0.3) is 17.3 Å². The Kier molecular flexibility index (Phi) is 5.78. The maximum atomic E-state index is 12.2. The van der Waals surface area contributed by atoms with E-state index in [0.717, 1.165) is 25.1 Å². The van der Waals surface area contributed by atoms with E-state index in [9.17, 15) is 4.79 Å². The monoisotopic (exact) mass is 398 g/mol. The first-order valence-electron chi connectivity index (χ1n) is 9.28. The van der Waals surface area contributed by atoms with Crippen LogP contribution in [0.15, 0.2) is 52.2 Å². The number of amides is 1. The van der Waals surface area contributed by atoms with Gasteiger partial charge in [0.05, 0.1) is 18.1 Å². The summed E-state index contributed by atoms with van der Waals surface area (Å²) in [6.07, 6.45) is 3.80. The minimum atomic E-state index is -0.0431. The molecule has 0 radical (unpaired) electrons. The van der Waals surface area contributed by atoms with Crippen molar-refractivity contribution in [3.8, 4) is 17.3 Å². The summed E-state index contributed by atoms with van der Waals surface area (Å²) in [4.78, 5) is 12.2. The van der Waals surface area contributed by atoms with Gasteiger partial charge in [0.15, 0.2) is 10.9 Å². The average Bonchev–Trinajstić information content (AvgIpc) is 3.46.